The van der Waals surface area contributed by atoms with Crippen molar-refractivity contribution in [1.82, 2.24) is 4.90 Å². The zero-order chi connectivity index (χ0) is 15.7. The Hall–Kier alpha value is -0.290. The van der Waals surface area contributed by atoms with Crippen LogP contribution in [0, 0.1) is 17.8 Å². The Morgan fingerprint density at radius 3 is 2.00 bits per heavy atom. The maximum absolute atomic E-state index is 12.8. The highest BCUT2D eigenvalue weighted by molar-refractivity contribution is 4.98. The fraction of sp³-hybridized carbons (Fsp3) is 1.00. The molecule has 1 heterocycles. The van der Waals surface area contributed by atoms with Crippen molar-refractivity contribution < 1.29 is 13.2 Å². The van der Waals surface area contributed by atoms with Crippen molar-refractivity contribution in [3.63, 3.8) is 0 Å². The predicted octanol–water partition coefficient (Wildman–Crippen LogP) is 3.80. The van der Waals surface area contributed by atoms with Gasteiger partial charge in [0.25, 0.3) is 0 Å². The lowest BCUT2D eigenvalue weighted by molar-refractivity contribution is -0.189. The maximum Gasteiger partial charge on any atom is 0.391 e. The summed E-state index contributed by atoms with van der Waals surface area (Å²) in [5.41, 5.74) is 5.82. The number of piperidine rings is 1. The van der Waals surface area contributed by atoms with E-state index in [1.807, 2.05) is 0 Å². The van der Waals surface area contributed by atoms with E-state index in [4.69, 9.17) is 5.73 Å². The monoisotopic (exact) mass is 306 g/mol. The van der Waals surface area contributed by atoms with Crippen molar-refractivity contribution in [3.05, 3.63) is 0 Å². The molecule has 0 amide bonds. The van der Waals surface area contributed by atoms with Gasteiger partial charge in [-0.05, 0) is 63.5 Å². The maximum atomic E-state index is 12.8. The van der Waals surface area contributed by atoms with Crippen LogP contribution in [0.2, 0.25) is 0 Å². The smallest absolute Gasteiger partial charge is 0.329 e. The third-order valence-electron chi connectivity index (χ3n) is 5.91. The molecular formula is C16H29F3N2. The van der Waals surface area contributed by atoms with Crippen molar-refractivity contribution in [1.29, 1.82) is 0 Å². The van der Waals surface area contributed by atoms with Gasteiger partial charge in [-0.2, -0.15) is 13.2 Å². The fourth-order valence-electron chi connectivity index (χ4n) is 4.17. The average molecular weight is 306 g/mol. The molecule has 0 aromatic rings. The predicted molar refractivity (Wildman–Crippen MR) is 78.9 cm³/mol. The van der Waals surface area contributed by atoms with E-state index in [2.05, 4.69) is 18.7 Å². The molecular weight excluding hydrogens is 277 g/mol. The molecule has 0 radical (unpaired) electrons. The zero-order valence-electron chi connectivity index (χ0n) is 13.3. The standard InChI is InChI=1S/C16H29F3N2/c1-12(2)13-5-9-21(10-6-13)15(11-20)7-3-14(4-8-15)16(17,18)19/h12-14H,3-11,20H2,1-2H3. The molecule has 0 unspecified atom stereocenters. The molecule has 2 N–H and O–H groups in total. The van der Waals surface area contributed by atoms with Crippen LogP contribution in [0.4, 0.5) is 13.2 Å². The Morgan fingerprint density at radius 2 is 1.62 bits per heavy atom. The van der Waals surface area contributed by atoms with Gasteiger partial charge in [0.2, 0.25) is 0 Å². The van der Waals surface area contributed by atoms with Gasteiger partial charge in [0.15, 0.2) is 0 Å². The Balaban J connectivity index is 1.95. The highest BCUT2D eigenvalue weighted by Crippen LogP contribution is 2.44. The van der Waals surface area contributed by atoms with Crippen LogP contribution >= 0.6 is 0 Å². The van der Waals surface area contributed by atoms with Crippen LogP contribution in [-0.4, -0.2) is 36.2 Å². The molecule has 2 rings (SSSR count). The van der Waals surface area contributed by atoms with Gasteiger partial charge in [-0.15, -0.1) is 0 Å². The van der Waals surface area contributed by atoms with Crippen LogP contribution in [0.3, 0.4) is 0 Å². The van der Waals surface area contributed by atoms with E-state index in [0.717, 1.165) is 31.8 Å². The van der Waals surface area contributed by atoms with Crippen molar-refractivity contribution >= 4 is 0 Å². The first-order valence-corrected chi connectivity index (χ1v) is 8.30. The normalized spacial score (nSPS) is 33.6. The Labute approximate surface area is 126 Å². The Morgan fingerprint density at radius 1 is 1.10 bits per heavy atom. The molecule has 0 aromatic carbocycles. The average Bonchev–Trinajstić information content (AvgIpc) is 2.46. The lowest BCUT2D eigenvalue weighted by Gasteiger charge is -2.50. The second-order valence-electron chi connectivity index (χ2n) is 7.31. The number of rotatable bonds is 3. The second-order valence-corrected chi connectivity index (χ2v) is 7.31. The van der Waals surface area contributed by atoms with Crippen LogP contribution in [0.1, 0.15) is 52.4 Å². The minimum atomic E-state index is -4.04. The third-order valence-corrected chi connectivity index (χ3v) is 5.91. The highest BCUT2D eigenvalue weighted by Gasteiger charge is 2.47. The summed E-state index contributed by atoms with van der Waals surface area (Å²) in [4.78, 5) is 2.40. The number of likely N-dealkylation sites (tertiary alicyclic amines) is 1. The number of halogens is 3. The van der Waals surface area contributed by atoms with Crippen molar-refractivity contribution in [2.75, 3.05) is 19.6 Å². The summed E-state index contributed by atoms with van der Waals surface area (Å²) in [5.74, 6) is 0.329. The largest absolute Gasteiger partial charge is 0.391 e. The van der Waals surface area contributed by atoms with Crippen LogP contribution in [0.5, 0.6) is 0 Å². The third kappa shape index (κ3) is 3.73. The molecule has 1 aliphatic carbocycles. The van der Waals surface area contributed by atoms with Gasteiger partial charge < -0.3 is 5.73 Å². The van der Waals surface area contributed by atoms with Gasteiger partial charge in [0, 0.05) is 12.1 Å². The minimum Gasteiger partial charge on any atom is -0.329 e. The van der Waals surface area contributed by atoms with Gasteiger partial charge >= 0.3 is 6.18 Å². The van der Waals surface area contributed by atoms with E-state index in [1.54, 1.807) is 0 Å². The first-order valence-electron chi connectivity index (χ1n) is 8.30. The Kier molecular flexibility index (Phi) is 5.24. The fourth-order valence-corrected chi connectivity index (χ4v) is 4.17. The molecule has 0 bridgehead atoms. The first-order chi connectivity index (χ1) is 9.78. The van der Waals surface area contributed by atoms with Crippen LogP contribution in [-0.2, 0) is 0 Å². The quantitative estimate of drug-likeness (QED) is 0.859. The van der Waals surface area contributed by atoms with E-state index in [1.165, 1.54) is 0 Å². The molecule has 5 heteroatoms. The van der Waals surface area contributed by atoms with E-state index in [9.17, 15) is 13.2 Å². The summed E-state index contributed by atoms with van der Waals surface area (Å²) in [5, 5.41) is 0. The summed E-state index contributed by atoms with van der Waals surface area (Å²) in [6.07, 6.45) is -0.0503. The topological polar surface area (TPSA) is 29.3 Å². The summed E-state index contributed by atoms with van der Waals surface area (Å²) in [6, 6.07) is 0. The van der Waals surface area contributed by atoms with E-state index in [0.29, 0.717) is 25.3 Å². The van der Waals surface area contributed by atoms with Crippen molar-refractivity contribution in [2.45, 2.75) is 64.1 Å². The van der Waals surface area contributed by atoms with Gasteiger partial charge in [-0.1, -0.05) is 13.8 Å². The molecule has 2 fully saturated rings. The molecule has 2 nitrogen and oxygen atoms in total. The Bertz CT molecular complexity index is 325. The van der Waals surface area contributed by atoms with Crippen LogP contribution in [0.25, 0.3) is 0 Å². The lowest BCUT2D eigenvalue weighted by atomic mass is 9.73. The molecule has 0 atom stereocenters. The summed E-state index contributed by atoms with van der Waals surface area (Å²) in [7, 11) is 0. The summed E-state index contributed by atoms with van der Waals surface area (Å²) >= 11 is 0. The number of nitrogens with two attached hydrogens (primary N) is 1. The number of nitrogens with zero attached hydrogens (tertiary/aromatic N) is 1. The molecule has 21 heavy (non-hydrogen) atoms. The minimum absolute atomic E-state index is 0.177. The van der Waals surface area contributed by atoms with Gasteiger partial charge in [0.05, 0.1) is 5.92 Å². The van der Waals surface area contributed by atoms with Gasteiger partial charge in [-0.25, -0.2) is 0 Å². The molecule has 0 aromatic heterocycles. The molecule has 1 saturated carbocycles. The summed E-state index contributed by atoms with van der Waals surface area (Å²) in [6.45, 7) is 7.00. The van der Waals surface area contributed by atoms with E-state index >= 15 is 0 Å². The van der Waals surface area contributed by atoms with E-state index in [-0.39, 0.29) is 18.4 Å². The molecule has 124 valence electrons. The SMILES string of the molecule is CC(C)C1CCN(C2(CN)CCC(C(F)(F)F)CC2)CC1. The number of hydrogen-bond acceptors (Lipinski definition) is 2. The molecule has 2 aliphatic rings. The van der Waals surface area contributed by atoms with Crippen LogP contribution < -0.4 is 5.73 Å². The summed E-state index contributed by atoms with van der Waals surface area (Å²) < 4.78 is 38.5. The second kappa shape index (κ2) is 6.45. The van der Waals surface area contributed by atoms with Crippen molar-refractivity contribution in [2.24, 2.45) is 23.5 Å². The number of hydrogen-bond donors (Lipinski definition) is 1. The highest BCUT2D eigenvalue weighted by atomic mass is 19.4. The van der Waals surface area contributed by atoms with E-state index < -0.39 is 12.1 Å². The molecule has 1 aliphatic heterocycles. The van der Waals surface area contributed by atoms with Crippen LogP contribution in [0.15, 0.2) is 0 Å². The van der Waals surface area contributed by atoms with Gasteiger partial charge in [-0.3, -0.25) is 4.90 Å². The number of alkyl halides is 3. The first kappa shape index (κ1) is 17.1. The van der Waals surface area contributed by atoms with Gasteiger partial charge in [0.1, 0.15) is 0 Å². The van der Waals surface area contributed by atoms with Crippen molar-refractivity contribution in [3.8, 4) is 0 Å². The zero-order valence-corrected chi connectivity index (χ0v) is 13.3. The molecule has 1 saturated heterocycles. The molecule has 0 spiro atoms. The lowest BCUT2D eigenvalue weighted by Crippen LogP contribution is -2.58.